The summed E-state index contributed by atoms with van der Waals surface area (Å²) in [7, 11) is 0. The summed E-state index contributed by atoms with van der Waals surface area (Å²) in [4.78, 5) is 36.1. The van der Waals surface area contributed by atoms with Crippen LogP contribution in [-0.2, 0) is 11.2 Å². The summed E-state index contributed by atoms with van der Waals surface area (Å²) in [5, 5.41) is 7.61. The van der Waals surface area contributed by atoms with Gasteiger partial charge in [-0.15, -0.1) is 0 Å². The molecule has 0 unspecified atom stereocenters. The van der Waals surface area contributed by atoms with E-state index in [1.54, 1.807) is 24.3 Å². The number of rotatable bonds is 5. The maximum absolute atomic E-state index is 12.3. The van der Waals surface area contributed by atoms with E-state index >= 15 is 0 Å². The smallest absolute Gasteiger partial charge is 0.272 e. The molecule has 1 amide bonds. The zero-order valence-corrected chi connectivity index (χ0v) is 13.6. The van der Waals surface area contributed by atoms with E-state index in [9.17, 15) is 14.4 Å². The number of aromatic nitrogens is 2. The van der Waals surface area contributed by atoms with Crippen LogP contribution in [0.25, 0.3) is 10.8 Å². The van der Waals surface area contributed by atoms with E-state index in [4.69, 9.17) is 4.74 Å². The highest BCUT2D eigenvalue weighted by Crippen LogP contribution is 2.18. The van der Waals surface area contributed by atoms with E-state index in [1.165, 1.54) is 6.07 Å². The monoisotopic (exact) mass is 339 g/mol. The molecule has 128 valence electrons. The van der Waals surface area contributed by atoms with Gasteiger partial charge in [0, 0.05) is 0 Å². The third-order valence-electron chi connectivity index (χ3n) is 3.70. The first kappa shape index (κ1) is 16.5. The Balaban J connectivity index is 1.82. The third kappa shape index (κ3) is 3.60. The fraction of sp³-hybridized carbons (Fsp3) is 0.167. The Labute approximate surface area is 142 Å². The van der Waals surface area contributed by atoms with E-state index in [-0.39, 0.29) is 23.1 Å². The number of amides is 1. The fourth-order valence-electron chi connectivity index (χ4n) is 2.58. The Morgan fingerprint density at radius 1 is 1.04 bits per heavy atom. The molecule has 2 aromatic carbocycles. The molecular formula is C18H17N3O4. The first-order valence-corrected chi connectivity index (χ1v) is 7.83. The summed E-state index contributed by atoms with van der Waals surface area (Å²) < 4.78 is 5.36. The molecule has 3 N–H and O–H groups in total. The van der Waals surface area contributed by atoms with Gasteiger partial charge in [0.05, 0.1) is 29.5 Å². The van der Waals surface area contributed by atoms with Gasteiger partial charge in [-0.1, -0.05) is 18.2 Å². The molecule has 0 saturated heterocycles. The molecule has 0 spiro atoms. The van der Waals surface area contributed by atoms with Crippen molar-refractivity contribution in [2.75, 3.05) is 11.9 Å². The standard InChI is InChI=1S/C18H17N3O4/c1-2-25-12-8-6-11(7-9-12)10-15(22)19-14-5-3-4-13-16(14)18(24)21-20-17(13)23/h3-9H,2,10H2,1H3,(H,19,22)(H,20,23)(H,21,24). The average molecular weight is 339 g/mol. The second-order valence-electron chi connectivity index (χ2n) is 5.44. The lowest BCUT2D eigenvalue weighted by Gasteiger charge is -2.08. The molecule has 0 aliphatic rings. The van der Waals surface area contributed by atoms with Crippen LogP contribution in [0.1, 0.15) is 12.5 Å². The molecule has 0 aliphatic heterocycles. The summed E-state index contributed by atoms with van der Waals surface area (Å²) in [6.07, 6.45) is 0.143. The van der Waals surface area contributed by atoms with Crippen molar-refractivity contribution in [3.63, 3.8) is 0 Å². The Hall–Kier alpha value is -3.35. The number of H-pyrrole nitrogens is 2. The summed E-state index contributed by atoms with van der Waals surface area (Å²) >= 11 is 0. The van der Waals surface area contributed by atoms with Gasteiger partial charge in [-0.05, 0) is 36.8 Å². The minimum absolute atomic E-state index is 0.143. The van der Waals surface area contributed by atoms with Crippen LogP contribution in [0.3, 0.4) is 0 Å². The first-order valence-electron chi connectivity index (χ1n) is 7.83. The summed E-state index contributed by atoms with van der Waals surface area (Å²) in [5.41, 5.74) is 0.234. The molecule has 1 heterocycles. The maximum atomic E-state index is 12.3. The third-order valence-corrected chi connectivity index (χ3v) is 3.70. The molecule has 3 rings (SSSR count). The van der Waals surface area contributed by atoms with Crippen molar-refractivity contribution in [2.24, 2.45) is 0 Å². The van der Waals surface area contributed by atoms with E-state index in [0.29, 0.717) is 12.3 Å². The van der Waals surface area contributed by atoms with Crippen molar-refractivity contribution in [3.05, 3.63) is 68.7 Å². The molecule has 0 radical (unpaired) electrons. The lowest BCUT2D eigenvalue weighted by atomic mass is 10.1. The van der Waals surface area contributed by atoms with Crippen LogP contribution in [0.15, 0.2) is 52.1 Å². The fourth-order valence-corrected chi connectivity index (χ4v) is 2.58. The second-order valence-corrected chi connectivity index (χ2v) is 5.44. The lowest BCUT2D eigenvalue weighted by Crippen LogP contribution is -2.22. The second kappa shape index (κ2) is 7.04. The van der Waals surface area contributed by atoms with E-state index in [1.807, 2.05) is 19.1 Å². The number of hydrogen-bond acceptors (Lipinski definition) is 4. The van der Waals surface area contributed by atoms with Crippen molar-refractivity contribution < 1.29 is 9.53 Å². The van der Waals surface area contributed by atoms with Crippen LogP contribution in [0.2, 0.25) is 0 Å². The number of carbonyl (C=O) groups excluding carboxylic acids is 1. The van der Waals surface area contributed by atoms with Gasteiger partial charge in [0.1, 0.15) is 5.75 Å². The van der Waals surface area contributed by atoms with Crippen molar-refractivity contribution in [1.82, 2.24) is 10.2 Å². The van der Waals surface area contributed by atoms with Gasteiger partial charge < -0.3 is 10.1 Å². The first-order chi connectivity index (χ1) is 12.1. The zero-order valence-electron chi connectivity index (χ0n) is 13.6. The molecule has 0 aliphatic carbocycles. The van der Waals surface area contributed by atoms with Crippen molar-refractivity contribution >= 4 is 22.4 Å². The SMILES string of the molecule is CCOc1ccc(CC(=O)Nc2cccc3c(=O)[nH][nH]c(=O)c23)cc1. The van der Waals surface area contributed by atoms with E-state index < -0.39 is 11.1 Å². The normalized spacial score (nSPS) is 10.6. The minimum Gasteiger partial charge on any atom is -0.494 e. The van der Waals surface area contributed by atoms with Crippen LogP contribution in [0, 0.1) is 0 Å². The van der Waals surface area contributed by atoms with Crippen LogP contribution in [-0.4, -0.2) is 22.7 Å². The van der Waals surface area contributed by atoms with Gasteiger partial charge in [-0.3, -0.25) is 24.6 Å². The average Bonchev–Trinajstić information content (AvgIpc) is 2.60. The molecule has 0 saturated carbocycles. The molecule has 0 bridgehead atoms. The molecule has 7 heteroatoms. The molecule has 25 heavy (non-hydrogen) atoms. The number of aromatic amines is 2. The largest absolute Gasteiger partial charge is 0.494 e. The van der Waals surface area contributed by atoms with Gasteiger partial charge in [0.25, 0.3) is 11.1 Å². The van der Waals surface area contributed by atoms with Crippen molar-refractivity contribution in [1.29, 1.82) is 0 Å². The van der Waals surface area contributed by atoms with Crippen molar-refractivity contribution in [3.8, 4) is 5.75 Å². The Kier molecular flexibility index (Phi) is 4.65. The van der Waals surface area contributed by atoms with Gasteiger partial charge in [-0.25, -0.2) is 0 Å². The van der Waals surface area contributed by atoms with E-state index in [2.05, 4.69) is 15.5 Å². The van der Waals surface area contributed by atoms with Gasteiger partial charge in [0.2, 0.25) is 5.91 Å². The number of nitrogens with one attached hydrogen (secondary N) is 3. The number of anilines is 1. The quantitative estimate of drug-likeness (QED) is 0.659. The molecule has 0 fully saturated rings. The van der Waals surface area contributed by atoms with Gasteiger partial charge in [-0.2, -0.15) is 0 Å². The van der Waals surface area contributed by atoms with Crippen LogP contribution >= 0.6 is 0 Å². The highest BCUT2D eigenvalue weighted by atomic mass is 16.5. The summed E-state index contributed by atoms with van der Waals surface area (Å²) in [5.74, 6) is 0.461. The highest BCUT2D eigenvalue weighted by Gasteiger charge is 2.11. The van der Waals surface area contributed by atoms with Crippen LogP contribution in [0.5, 0.6) is 5.75 Å². The minimum atomic E-state index is -0.466. The number of hydrogen-bond donors (Lipinski definition) is 3. The molecular weight excluding hydrogens is 322 g/mol. The molecule has 7 nitrogen and oxygen atoms in total. The number of ether oxygens (including phenoxy) is 1. The van der Waals surface area contributed by atoms with Gasteiger partial charge >= 0.3 is 0 Å². The predicted octanol–water partition coefficient (Wildman–Crippen LogP) is 1.80. The number of fused-ring (bicyclic) bond motifs is 1. The molecule has 1 aromatic heterocycles. The zero-order chi connectivity index (χ0) is 17.8. The van der Waals surface area contributed by atoms with Crippen LogP contribution in [0.4, 0.5) is 5.69 Å². The summed E-state index contributed by atoms with van der Waals surface area (Å²) in [6.45, 7) is 2.48. The lowest BCUT2D eigenvalue weighted by molar-refractivity contribution is -0.115. The molecule has 3 aromatic rings. The Morgan fingerprint density at radius 2 is 1.76 bits per heavy atom. The number of benzene rings is 2. The topological polar surface area (TPSA) is 104 Å². The van der Waals surface area contributed by atoms with Gasteiger partial charge in [0.15, 0.2) is 0 Å². The Bertz CT molecular complexity index is 1020. The van der Waals surface area contributed by atoms with Crippen molar-refractivity contribution in [2.45, 2.75) is 13.3 Å². The Morgan fingerprint density at radius 3 is 2.48 bits per heavy atom. The highest BCUT2D eigenvalue weighted by molar-refractivity contribution is 6.01. The maximum Gasteiger partial charge on any atom is 0.272 e. The predicted molar refractivity (Wildman–Crippen MR) is 95.1 cm³/mol. The molecule has 0 atom stereocenters. The summed E-state index contributed by atoms with van der Waals surface area (Å²) in [6, 6.07) is 12.0. The van der Waals surface area contributed by atoms with E-state index in [0.717, 1.165) is 11.3 Å². The number of carbonyl (C=O) groups is 1. The van der Waals surface area contributed by atoms with Crippen LogP contribution < -0.4 is 21.2 Å².